The van der Waals surface area contributed by atoms with Gasteiger partial charge in [-0.2, -0.15) is 0 Å². The van der Waals surface area contributed by atoms with E-state index in [0.29, 0.717) is 17.2 Å². The van der Waals surface area contributed by atoms with Crippen molar-refractivity contribution in [1.82, 2.24) is 10.6 Å². The molecule has 20 heavy (non-hydrogen) atoms. The Kier molecular flexibility index (Phi) is 6.26. The zero-order valence-electron chi connectivity index (χ0n) is 12.0. The third-order valence-electron chi connectivity index (χ3n) is 3.19. The average Bonchev–Trinajstić information content (AvgIpc) is 2.99. The summed E-state index contributed by atoms with van der Waals surface area (Å²) in [7, 11) is 0. The first-order valence-electron chi connectivity index (χ1n) is 7.05. The van der Waals surface area contributed by atoms with Crippen molar-refractivity contribution < 1.29 is 4.79 Å². The Morgan fingerprint density at radius 1 is 1.30 bits per heavy atom. The minimum absolute atomic E-state index is 0.00744. The van der Waals surface area contributed by atoms with Gasteiger partial charge in [-0.1, -0.05) is 19.1 Å². The van der Waals surface area contributed by atoms with E-state index in [1.807, 2.05) is 35.7 Å². The third-order valence-corrected chi connectivity index (χ3v) is 6.29. The summed E-state index contributed by atoms with van der Waals surface area (Å²) in [5.74, 6) is 2.45. The van der Waals surface area contributed by atoms with Crippen LogP contribution in [0.4, 0.5) is 0 Å². The van der Waals surface area contributed by atoms with Crippen molar-refractivity contribution in [2.75, 3.05) is 24.6 Å². The molecule has 1 amide bonds. The Morgan fingerprint density at radius 3 is 2.55 bits per heavy atom. The molecule has 2 N–H and O–H groups in total. The molecule has 0 unspecified atom stereocenters. The molecule has 3 nitrogen and oxygen atoms in total. The topological polar surface area (TPSA) is 41.1 Å². The van der Waals surface area contributed by atoms with Crippen molar-refractivity contribution in [3.63, 3.8) is 0 Å². The molecular formula is C15H22N2OS2. The van der Waals surface area contributed by atoms with Gasteiger partial charge in [0.15, 0.2) is 0 Å². The van der Waals surface area contributed by atoms with E-state index in [2.05, 4.69) is 36.6 Å². The fourth-order valence-corrected chi connectivity index (χ4v) is 4.97. The van der Waals surface area contributed by atoms with Gasteiger partial charge in [-0.05, 0) is 31.2 Å². The second kappa shape index (κ2) is 7.96. The van der Waals surface area contributed by atoms with Gasteiger partial charge in [-0.25, -0.2) is 0 Å². The van der Waals surface area contributed by atoms with Gasteiger partial charge in [-0.3, -0.25) is 4.79 Å². The van der Waals surface area contributed by atoms with Crippen LogP contribution in [0, 0.1) is 0 Å². The Hall–Kier alpha value is -0.650. The van der Waals surface area contributed by atoms with E-state index in [4.69, 9.17) is 0 Å². The van der Waals surface area contributed by atoms with Crippen LogP contribution in [0.1, 0.15) is 34.4 Å². The maximum Gasteiger partial charge on any atom is 0.251 e. The first kappa shape index (κ1) is 15.7. The van der Waals surface area contributed by atoms with Gasteiger partial charge in [0.05, 0.1) is 4.58 Å². The Labute approximate surface area is 129 Å². The summed E-state index contributed by atoms with van der Waals surface area (Å²) in [5, 5.41) is 6.24. The zero-order chi connectivity index (χ0) is 14.4. The zero-order valence-corrected chi connectivity index (χ0v) is 13.7. The number of benzene rings is 1. The molecule has 0 radical (unpaired) electrons. The van der Waals surface area contributed by atoms with Gasteiger partial charge < -0.3 is 10.6 Å². The molecule has 5 heteroatoms. The molecule has 0 aliphatic carbocycles. The monoisotopic (exact) mass is 310 g/mol. The highest BCUT2D eigenvalue weighted by Gasteiger charge is 2.18. The van der Waals surface area contributed by atoms with Crippen LogP contribution in [0.25, 0.3) is 0 Å². The van der Waals surface area contributed by atoms with E-state index >= 15 is 0 Å². The highest BCUT2D eigenvalue weighted by atomic mass is 32.2. The molecule has 0 saturated carbocycles. The first-order chi connectivity index (χ1) is 9.70. The molecular weight excluding hydrogens is 288 g/mol. The van der Waals surface area contributed by atoms with E-state index in [-0.39, 0.29) is 5.91 Å². The molecule has 1 aromatic rings. The van der Waals surface area contributed by atoms with E-state index in [1.165, 1.54) is 17.1 Å². The molecule has 1 atom stereocenters. The summed E-state index contributed by atoms with van der Waals surface area (Å²) < 4.78 is 0.542. The average molecular weight is 310 g/mol. The Bertz CT molecular complexity index is 430. The van der Waals surface area contributed by atoms with Crippen LogP contribution in [0.2, 0.25) is 0 Å². The van der Waals surface area contributed by atoms with Crippen molar-refractivity contribution in [3.05, 3.63) is 35.4 Å². The quantitative estimate of drug-likeness (QED) is 0.848. The number of carbonyl (C=O) groups is 1. The highest BCUT2D eigenvalue weighted by Crippen LogP contribution is 2.45. The van der Waals surface area contributed by atoms with E-state index in [0.717, 1.165) is 12.1 Å². The lowest BCUT2D eigenvalue weighted by Gasteiger charge is -2.13. The smallest absolute Gasteiger partial charge is 0.251 e. The molecule has 1 fully saturated rings. The minimum Gasteiger partial charge on any atom is -0.350 e. The molecule has 0 bridgehead atoms. The van der Waals surface area contributed by atoms with Gasteiger partial charge in [0.1, 0.15) is 0 Å². The van der Waals surface area contributed by atoms with E-state index in [1.54, 1.807) is 0 Å². The molecule has 0 aromatic heterocycles. The van der Waals surface area contributed by atoms with Crippen LogP contribution in [-0.4, -0.2) is 36.5 Å². The van der Waals surface area contributed by atoms with Crippen LogP contribution in [0.3, 0.4) is 0 Å². The van der Waals surface area contributed by atoms with Gasteiger partial charge in [0.2, 0.25) is 0 Å². The molecule has 0 spiro atoms. The normalized spacial score (nSPS) is 17.1. The summed E-state index contributed by atoms with van der Waals surface area (Å²) in [6.45, 7) is 5.71. The van der Waals surface area contributed by atoms with Gasteiger partial charge in [0.25, 0.3) is 5.91 Å². The Morgan fingerprint density at radius 2 is 1.95 bits per heavy atom. The fraction of sp³-hybridized carbons (Fsp3) is 0.533. The van der Waals surface area contributed by atoms with Crippen LogP contribution >= 0.6 is 23.5 Å². The van der Waals surface area contributed by atoms with Crippen LogP contribution in [0.15, 0.2) is 24.3 Å². The number of nitrogens with one attached hydrogen (secondary N) is 2. The number of amides is 1. The van der Waals surface area contributed by atoms with E-state index in [9.17, 15) is 4.79 Å². The second-order valence-electron chi connectivity index (χ2n) is 4.86. The van der Waals surface area contributed by atoms with Crippen LogP contribution < -0.4 is 10.6 Å². The molecule has 1 saturated heterocycles. The van der Waals surface area contributed by atoms with Crippen molar-refractivity contribution in [2.45, 2.75) is 24.5 Å². The third kappa shape index (κ3) is 4.43. The molecule has 1 heterocycles. The maximum atomic E-state index is 12.0. The number of hydrogen-bond acceptors (Lipinski definition) is 4. The highest BCUT2D eigenvalue weighted by molar-refractivity contribution is 8.19. The van der Waals surface area contributed by atoms with Crippen LogP contribution in [-0.2, 0) is 0 Å². The maximum absolute atomic E-state index is 12.0. The standard InChI is InChI=1S/C15H22N2OS2/c1-3-16-11(2)10-17-14(18)12-4-6-13(7-5-12)15-19-8-9-20-15/h4-7,11,15-16H,3,8-10H2,1-2H3,(H,17,18)/t11-/m1/s1. The predicted octanol–water partition coefficient (Wildman–Crippen LogP) is 2.89. The minimum atomic E-state index is 0.00744. The lowest BCUT2D eigenvalue weighted by Crippen LogP contribution is -2.38. The molecule has 1 aliphatic rings. The lowest BCUT2D eigenvalue weighted by atomic mass is 10.1. The molecule has 110 valence electrons. The second-order valence-corrected chi connectivity index (χ2v) is 7.59. The fourth-order valence-electron chi connectivity index (χ4n) is 2.11. The molecule has 1 aliphatic heterocycles. The summed E-state index contributed by atoms with van der Waals surface area (Å²) in [5.41, 5.74) is 2.06. The van der Waals surface area contributed by atoms with Gasteiger partial charge in [0, 0.05) is 29.7 Å². The number of hydrogen-bond donors (Lipinski definition) is 2. The van der Waals surface area contributed by atoms with Crippen molar-refractivity contribution in [3.8, 4) is 0 Å². The first-order valence-corrected chi connectivity index (χ1v) is 9.15. The largest absolute Gasteiger partial charge is 0.350 e. The van der Waals surface area contributed by atoms with Crippen LogP contribution in [0.5, 0.6) is 0 Å². The summed E-state index contributed by atoms with van der Waals surface area (Å²) >= 11 is 3.97. The summed E-state index contributed by atoms with van der Waals surface area (Å²) in [6, 6.07) is 8.33. The number of likely N-dealkylation sites (N-methyl/N-ethyl adjacent to an activating group) is 1. The van der Waals surface area contributed by atoms with Gasteiger partial charge >= 0.3 is 0 Å². The predicted molar refractivity (Wildman–Crippen MR) is 89.6 cm³/mol. The number of rotatable bonds is 6. The van der Waals surface area contributed by atoms with Gasteiger partial charge in [-0.15, -0.1) is 23.5 Å². The lowest BCUT2D eigenvalue weighted by molar-refractivity contribution is 0.0950. The number of carbonyl (C=O) groups excluding carboxylic acids is 1. The number of thioether (sulfide) groups is 2. The molecule has 1 aromatic carbocycles. The van der Waals surface area contributed by atoms with Crippen molar-refractivity contribution in [1.29, 1.82) is 0 Å². The molecule has 2 rings (SSSR count). The SMILES string of the molecule is CCN[C@H](C)CNC(=O)c1ccc(C2SCCS2)cc1. The Balaban J connectivity index is 1.87. The van der Waals surface area contributed by atoms with Crippen molar-refractivity contribution >= 4 is 29.4 Å². The summed E-state index contributed by atoms with van der Waals surface area (Å²) in [6.07, 6.45) is 0. The van der Waals surface area contributed by atoms with Crippen molar-refractivity contribution in [2.24, 2.45) is 0 Å². The summed E-state index contributed by atoms with van der Waals surface area (Å²) in [4.78, 5) is 12.0. The van der Waals surface area contributed by atoms with E-state index < -0.39 is 0 Å².